The van der Waals surface area contributed by atoms with Gasteiger partial charge < -0.3 is 10.6 Å². The molecule has 5 nitrogen and oxygen atoms in total. The quantitative estimate of drug-likeness (QED) is 0.552. The molecule has 0 saturated heterocycles. The lowest BCUT2D eigenvalue weighted by Crippen LogP contribution is -2.27. The lowest BCUT2D eigenvalue weighted by Gasteiger charge is -2.10. The summed E-state index contributed by atoms with van der Waals surface area (Å²) < 4.78 is 26.4. The van der Waals surface area contributed by atoms with Crippen LogP contribution in [-0.2, 0) is 15.8 Å². The zero-order valence-corrected chi connectivity index (χ0v) is 12.4. The lowest BCUT2D eigenvalue weighted by molar-refractivity contribution is 0.394. The van der Waals surface area contributed by atoms with Crippen molar-refractivity contribution >= 4 is 15.7 Å². The fourth-order valence-electron chi connectivity index (χ4n) is 1.70. The fraction of sp³-hybridized carbons (Fsp3) is 0.538. The molecule has 0 unspecified atom stereocenters. The van der Waals surface area contributed by atoms with Crippen LogP contribution in [0.25, 0.3) is 0 Å². The first-order chi connectivity index (χ1) is 8.91. The number of nitrogens with zero attached hydrogens (tertiary/aromatic N) is 1. The van der Waals surface area contributed by atoms with E-state index in [1.165, 1.54) is 0 Å². The van der Waals surface area contributed by atoms with Crippen molar-refractivity contribution in [1.82, 2.24) is 9.62 Å². The summed E-state index contributed by atoms with van der Waals surface area (Å²) in [7, 11) is 0.703. The Hall–Kier alpha value is -1.11. The number of nitrogen functional groups attached to an aromatic ring is 1. The van der Waals surface area contributed by atoms with E-state index in [-0.39, 0.29) is 5.75 Å². The molecule has 0 bridgehead atoms. The number of sulfonamides is 1. The summed E-state index contributed by atoms with van der Waals surface area (Å²) in [5.41, 5.74) is 6.90. The van der Waals surface area contributed by atoms with Crippen LogP contribution in [0.15, 0.2) is 24.3 Å². The van der Waals surface area contributed by atoms with Crippen LogP contribution in [-0.4, -0.2) is 40.5 Å². The van der Waals surface area contributed by atoms with Gasteiger partial charge in [-0.15, -0.1) is 0 Å². The highest BCUT2D eigenvalue weighted by Gasteiger charge is 2.12. The zero-order chi connectivity index (χ0) is 14.3. The molecule has 0 atom stereocenters. The topological polar surface area (TPSA) is 75.4 Å². The standard InChI is InChI=1S/C13H23N3O2S/c1-16(2)10-6-5-9-15-19(17,18)11-12-7-3-4-8-13(12)14/h3-4,7-8,15H,5-6,9-11,14H2,1-2H3. The molecular formula is C13H23N3O2S. The highest BCUT2D eigenvalue weighted by Crippen LogP contribution is 2.13. The first-order valence-corrected chi connectivity index (χ1v) is 8.01. The predicted molar refractivity (Wildman–Crippen MR) is 79.3 cm³/mol. The van der Waals surface area contributed by atoms with Gasteiger partial charge in [-0.2, -0.15) is 0 Å². The lowest BCUT2D eigenvalue weighted by atomic mass is 10.2. The third kappa shape index (κ3) is 6.56. The van der Waals surface area contributed by atoms with Crippen molar-refractivity contribution in [3.05, 3.63) is 29.8 Å². The van der Waals surface area contributed by atoms with Gasteiger partial charge in [-0.25, -0.2) is 13.1 Å². The Balaban J connectivity index is 2.38. The van der Waals surface area contributed by atoms with Crippen molar-refractivity contribution < 1.29 is 8.42 Å². The van der Waals surface area contributed by atoms with Crippen LogP contribution in [0.4, 0.5) is 5.69 Å². The van der Waals surface area contributed by atoms with Gasteiger partial charge >= 0.3 is 0 Å². The van der Waals surface area contributed by atoms with Crippen molar-refractivity contribution in [2.45, 2.75) is 18.6 Å². The summed E-state index contributed by atoms with van der Waals surface area (Å²) in [6, 6.07) is 7.03. The molecule has 0 heterocycles. The number of benzene rings is 1. The van der Waals surface area contributed by atoms with Crippen LogP contribution in [0.5, 0.6) is 0 Å². The summed E-state index contributed by atoms with van der Waals surface area (Å²) in [6.07, 6.45) is 1.81. The third-order valence-corrected chi connectivity index (χ3v) is 4.09. The minimum Gasteiger partial charge on any atom is -0.398 e. The van der Waals surface area contributed by atoms with Gasteiger partial charge in [0.15, 0.2) is 0 Å². The summed E-state index contributed by atoms with van der Waals surface area (Å²) in [5.74, 6) is -0.0621. The molecular weight excluding hydrogens is 262 g/mol. The monoisotopic (exact) mass is 285 g/mol. The number of rotatable bonds is 8. The van der Waals surface area contributed by atoms with Gasteiger partial charge in [0.25, 0.3) is 0 Å². The average molecular weight is 285 g/mol. The zero-order valence-electron chi connectivity index (χ0n) is 11.6. The van der Waals surface area contributed by atoms with Crippen molar-refractivity contribution in [2.75, 3.05) is 32.9 Å². The molecule has 0 spiro atoms. The molecule has 1 aromatic carbocycles. The SMILES string of the molecule is CN(C)CCCCNS(=O)(=O)Cc1ccccc1N. The van der Waals surface area contributed by atoms with E-state index in [4.69, 9.17) is 5.73 Å². The molecule has 0 aliphatic heterocycles. The first kappa shape index (κ1) is 15.9. The van der Waals surface area contributed by atoms with E-state index in [2.05, 4.69) is 9.62 Å². The van der Waals surface area contributed by atoms with Crippen molar-refractivity contribution in [1.29, 1.82) is 0 Å². The van der Waals surface area contributed by atoms with E-state index < -0.39 is 10.0 Å². The molecule has 19 heavy (non-hydrogen) atoms. The van der Waals surface area contributed by atoms with Crippen molar-refractivity contribution in [2.24, 2.45) is 0 Å². The minimum atomic E-state index is -3.30. The molecule has 3 N–H and O–H groups in total. The summed E-state index contributed by atoms with van der Waals surface area (Å²) in [5, 5.41) is 0. The van der Waals surface area contributed by atoms with E-state index in [0.29, 0.717) is 17.8 Å². The molecule has 0 radical (unpaired) electrons. The highest BCUT2D eigenvalue weighted by molar-refractivity contribution is 7.88. The minimum absolute atomic E-state index is 0.0621. The Bertz CT molecular complexity index is 486. The van der Waals surface area contributed by atoms with Gasteiger partial charge in [0.1, 0.15) is 0 Å². The maximum absolute atomic E-state index is 11.9. The smallest absolute Gasteiger partial charge is 0.215 e. The van der Waals surface area contributed by atoms with Crippen LogP contribution < -0.4 is 10.5 Å². The Labute approximate surface area is 115 Å². The van der Waals surface area contributed by atoms with E-state index in [1.54, 1.807) is 24.3 Å². The van der Waals surface area contributed by atoms with Crippen LogP contribution in [0.3, 0.4) is 0 Å². The number of anilines is 1. The van der Waals surface area contributed by atoms with E-state index in [0.717, 1.165) is 19.4 Å². The second kappa shape index (κ2) is 7.47. The van der Waals surface area contributed by atoms with E-state index in [9.17, 15) is 8.42 Å². The maximum Gasteiger partial charge on any atom is 0.215 e. The van der Waals surface area contributed by atoms with Crippen LogP contribution in [0, 0.1) is 0 Å². The molecule has 0 aliphatic carbocycles. The molecule has 0 fully saturated rings. The maximum atomic E-state index is 11.9. The largest absolute Gasteiger partial charge is 0.398 e. The van der Waals surface area contributed by atoms with Crippen molar-refractivity contribution in [3.63, 3.8) is 0 Å². The third-order valence-electron chi connectivity index (χ3n) is 2.75. The second-order valence-corrected chi connectivity index (χ2v) is 6.67. The average Bonchev–Trinajstić information content (AvgIpc) is 2.31. The van der Waals surface area contributed by atoms with Gasteiger partial charge in [0, 0.05) is 12.2 Å². The van der Waals surface area contributed by atoms with Crippen LogP contribution in [0.1, 0.15) is 18.4 Å². The first-order valence-electron chi connectivity index (χ1n) is 6.36. The van der Waals surface area contributed by atoms with Gasteiger partial charge in [0.2, 0.25) is 10.0 Å². The molecule has 108 valence electrons. The summed E-state index contributed by atoms with van der Waals surface area (Å²) >= 11 is 0. The fourth-order valence-corrected chi connectivity index (χ4v) is 2.93. The van der Waals surface area contributed by atoms with Crippen LogP contribution >= 0.6 is 0 Å². The second-order valence-electron chi connectivity index (χ2n) is 4.86. The summed E-state index contributed by atoms with van der Waals surface area (Å²) in [4.78, 5) is 2.08. The molecule has 0 aliphatic rings. The number of nitrogens with one attached hydrogen (secondary N) is 1. The van der Waals surface area contributed by atoms with Crippen molar-refractivity contribution in [3.8, 4) is 0 Å². The van der Waals surface area contributed by atoms with Gasteiger partial charge in [-0.05, 0) is 45.1 Å². The number of unbranched alkanes of at least 4 members (excludes halogenated alkanes) is 1. The predicted octanol–water partition coefficient (Wildman–Crippen LogP) is 1.03. The Morgan fingerprint density at radius 1 is 1.21 bits per heavy atom. The van der Waals surface area contributed by atoms with Gasteiger partial charge in [-0.1, -0.05) is 18.2 Å². The molecule has 1 rings (SSSR count). The molecule has 1 aromatic rings. The number of hydrogen-bond donors (Lipinski definition) is 2. The Morgan fingerprint density at radius 2 is 1.89 bits per heavy atom. The van der Waals surface area contributed by atoms with E-state index >= 15 is 0 Å². The molecule has 0 saturated carbocycles. The van der Waals surface area contributed by atoms with E-state index in [1.807, 2.05) is 14.1 Å². The van der Waals surface area contributed by atoms with Gasteiger partial charge in [-0.3, -0.25) is 0 Å². The van der Waals surface area contributed by atoms with Crippen LogP contribution in [0.2, 0.25) is 0 Å². The molecule has 0 amide bonds. The summed E-state index contributed by atoms with van der Waals surface area (Å²) in [6.45, 7) is 1.44. The highest BCUT2D eigenvalue weighted by atomic mass is 32.2. The Kier molecular flexibility index (Phi) is 6.27. The molecule has 0 aromatic heterocycles. The normalized spacial score (nSPS) is 11.9. The Morgan fingerprint density at radius 3 is 2.53 bits per heavy atom. The number of hydrogen-bond acceptors (Lipinski definition) is 4. The number of para-hydroxylation sites is 1. The van der Waals surface area contributed by atoms with Gasteiger partial charge in [0.05, 0.1) is 5.75 Å². The molecule has 6 heteroatoms. The number of nitrogens with two attached hydrogens (primary N) is 1.